The first-order valence-corrected chi connectivity index (χ1v) is 6.96. The minimum atomic E-state index is -0.593. The zero-order chi connectivity index (χ0) is 14.5. The molecular formula is C14H16BClN2O2. The Balaban J connectivity index is 2.05. The minimum Gasteiger partial charge on any atom is -0.398 e. The molecule has 0 aliphatic carbocycles. The van der Waals surface area contributed by atoms with Gasteiger partial charge in [-0.15, -0.1) is 0 Å². The number of nitrogens with zero attached hydrogens (tertiary/aromatic N) is 2. The molecule has 2 heterocycles. The van der Waals surface area contributed by atoms with E-state index in [0.29, 0.717) is 10.7 Å². The number of hydrogen-bond donors (Lipinski definition) is 0. The summed E-state index contributed by atoms with van der Waals surface area (Å²) in [7, 11) is -0.593. The van der Waals surface area contributed by atoms with Crippen molar-refractivity contribution in [3.05, 3.63) is 29.4 Å². The van der Waals surface area contributed by atoms with Gasteiger partial charge in [0.15, 0.2) is 0 Å². The summed E-state index contributed by atoms with van der Waals surface area (Å²) < 4.78 is 11.9. The van der Waals surface area contributed by atoms with Gasteiger partial charge in [0.25, 0.3) is 0 Å². The third kappa shape index (κ3) is 2.10. The van der Waals surface area contributed by atoms with Crippen LogP contribution in [0.1, 0.15) is 27.7 Å². The van der Waals surface area contributed by atoms with Gasteiger partial charge >= 0.3 is 7.12 Å². The Kier molecular flexibility index (Phi) is 3.05. The summed E-state index contributed by atoms with van der Waals surface area (Å²) in [6.45, 7) is 7.98. The van der Waals surface area contributed by atoms with Crippen molar-refractivity contribution in [1.29, 1.82) is 0 Å². The Morgan fingerprint density at radius 2 is 1.45 bits per heavy atom. The second-order valence-electron chi connectivity index (χ2n) is 5.98. The van der Waals surface area contributed by atoms with E-state index in [1.165, 1.54) is 0 Å². The van der Waals surface area contributed by atoms with Gasteiger partial charge in [-0.25, -0.2) is 4.98 Å². The van der Waals surface area contributed by atoms with Crippen LogP contribution in [0.5, 0.6) is 0 Å². The Morgan fingerprint density at radius 1 is 0.950 bits per heavy atom. The van der Waals surface area contributed by atoms with Gasteiger partial charge < -0.3 is 9.31 Å². The van der Waals surface area contributed by atoms with Gasteiger partial charge in [0.2, 0.25) is 0 Å². The Morgan fingerprint density at radius 3 is 2.00 bits per heavy atom. The van der Waals surface area contributed by atoms with Gasteiger partial charge in [-0.05, 0) is 39.8 Å². The fraction of sp³-hybridized carbons (Fsp3) is 0.429. The molecule has 0 N–H and O–H groups in total. The van der Waals surface area contributed by atoms with Gasteiger partial charge in [0, 0.05) is 0 Å². The normalized spacial score (nSPS) is 20.6. The van der Waals surface area contributed by atoms with Crippen LogP contribution >= 0.6 is 11.6 Å². The number of hydrogen-bond acceptors (Lipinski definition) is 4. The minimum absolute atomic E-state index is 0.321. The molecule has 0 atom stereocenters. The lowest BCUT2D eigenvalue weighted by Crippen LogP contribution is -2.41. The van der Waals surface area contributed by atoms with Crippen LogP contribution in [0.2, 0.25) is 5.15 Å². The van der Waals surface area contributed by atoms with E-state index in [9.17, 15) is 0 Å². The fourth-order valence-corrected chi connectivity index (χ4v) is 2.32. The summed E-state index contributed by atoms with van der Waals surface area (Å²) in [5.74, 6) is 0. The van der Waals surface area contributed by atoms with Crippen molar-refractivity contribution in [2.24, 2.45) is 0 Å². The highest BCUT2D eigenvalue weighted by Crippen LogP contribution is 2.36. The van der Waals surface area contributed by atoms with E-state index >= 15 is 0 Å². The molecule has 3 rings (SSSR count). The molecule has 1 aliphatic heterocycles. The van der Waals surface area contributed by atoms with Crippen LogP contribution in [0, 0.1) is 0 Å². The lowest BCUT2D eigenvalue weighted by molar-refractivity contribution is 0.00578. The highest BCUT2D eigenvalue weighted by molar-refractivity contribution is 6.64. The number of rotatable bonds is 1. The predicted octanol–water partition coefficient (Wildman–Crippen LogP) is 2.58. The van der Waals surface area contributed by atoms with E-state index < -0.39 is 18.3 Å². The Hall–Kier alpha value is -1.17. The van der Waals surface area contributed by atoms with Gasteiger partial charge in [0.1, 0.15) is 10.7 Å². The third-order valence-corrected chi connectivity index (χ3v) is 4.31. The average molecular weight is 291 g/mol. The fourth-order valence-electron chi connectivity index (χ4n) is 2.10. The molecule has 0 unspecified atom stereocenters. The highest BCUT2D eigenvalue weighted by Gasteiger charge is 2.53. The monoisotopic (exact) mass is 290 g/mol. The van der Waals surface area contributed by atoms with Crippen LogP contribution in [-0.2, 0) is 9.31 Å². The Labute approximate surface area is 123 Å². The van der Waals surface area contributed by atoms with E-state index in [0.717, 1.165) is 11.0 Å². The van der Waals surface area contributed by atoms with E-state index in [2.05, 4.69) is 9.97 Å². The maximum absolute atomic E-state index is 6.24. The van der Waals surface area contributed by atoms with Crippen molar-refractivity contribution >= 4 is 35.3 Å². The maximum Gasteiger partial charge on any atom is 0.517 e. The molecule has 1 aromatic heterocycles. The summed E-state index contributed by atoms with van der Waals surface area (Å²) in [5.41, 5.74) is 1.23. The molecule has 0 spiro atoms. The molecule has 1 fully saturated rings. The van der Waals surface area contributed by atoms with E-state index in [4.69, 9.17) is 20.9 Å². The topological polar surface area (TPSA) is 44.2 Å². The number of halogens is 1. The van der Waals surface area contributed by atoms with Crippen molar-refractivity contribution in [3.63, 3.8) is 0 Å². The molecule has 4 nitrogen and oxygen atoms in total. The van der Waals surface area contributed by atoms with Crippen LogP contribution in [0.15, 0.2) is 24.3 Å². The number of benzene rings is 1. The molecule has 0 saturated carbocycles. The second-order valence-corrected chi connectivity index (χ2v) is 6.33. The summed E-state index contributed by atoms with van der Waals surface area (Å²) in [6.07, 6.45) is 0. The molecule has 1 aliphatic rings. The van der Waals surface area contributed by atoms with Crippen LogP contribution in [-0.4, -0.2) is 28.3 Å². The first kappa shape index (κ1) is 13.8. The van der Waals surface area contributed by atoms with Crippen molar-refractivity contribution in [2.75, 3.05) is 0 Å². The molecule has 20 heavy (non-hydrogen) atoms. The zero-order valence-electron chi connectivity index (χ0n) is 12.0. The van der Waals surface area contributed by atoms with Crippen molar-refractivity contribution in [2.45, 2.75) is 38.9 Å². The van der Waals surface area contributed by atoms with Gasteiger partial charge in [-0.2, -0.15) is 0 Å². The first-order valence-electron chi connectivity index (χ1n) is 6.58. The van der Waals surface area contributed by atoms with Crippen LogP contribution < -0.4 is 5.59 Å². The van der Waals surface area contributed by atoms with Crippen LogP contribution in [0.4, 0.5) is 0 Å². The first-order chi connectivity index (χ1) is 9.30. The summed E-state index contributed by atoms with van der Waals surface area (Å²) in [5, 5.41) is 0.321. The van der Waals surface area contributed by atoms with Crippen molar-refractivity contribution in [1.82, 2.24) is 9.97 Å². The number of para-hydroxylation sites is 2. The van der Waals surface area contributed by atoms with E-state index in [-0.39, 0.29) is 0 Å². The third-order valence-electron chi connectivity index (χ3n) is 4.03. The highest BCUT2D eigenvalue weighted by atomic mass is 35.5. The molecule has 1 aromatic carbocycles. The molecule has 104 valence electrons. The van der Waals surface area contributed by atoms with Crippen LogP contribution in [0.25, 0.3) is 11.0 Å². The average Bonchev–Trinajstić information content (AvgIpc) is 2.57. The van der Waals surface area contributed by atoms with Gasteiger partial charge in [-0.3, -0.25) is 4.98 Å². The maximum atomic E-state index is 6.24. The quantitative estimate of drug-likeness (QED) is 0.757. The van der Waals surface area contributed by atoms with Crippen molar-refractivity contribution < 1.29 is 9.31 Å². The summed E-state index contributed by atoms with van der Waals surface area (Å²) in [4.78, 5) is 8.90. The molecule has 1 saturated heterocycles. The summed E-state index contributed by atoms with van der Waals surface area (Å²) in [6, 6.07) is 7.59. The molecule has 0 bridgehead atoms. The zero-order valence-corrected chi connectivity index (χ0v) is 12.7. The van der Waals surface area contributed by atoms with E-state index in [1.54, 1.807) is 0 Å². The SMILES string of the molecule is CC1(C)OB(c2nc3ccccc3nc2Cl)OC1(C)C. The lowest BCUT2D eigenvalue weighted by atomic mass is 9.85. The standard InChI is InChI=1S/C14H16BClN2O2/c1-13(2)14(3,4)20-15(19-13)11-12(16)18-10-8-6-5-7-9(10)17-11/h5-8H,1-4H3. The largest absolute Gasteiger partial charge is 0.517 e. The van der Waals surface area contributed by atoms with Gasteiger partial charge in [0.05, 0.1) is 22.2 Å². The predicted molar refractivity (Wildman–Crippen MR) is 80.3 cm³/mol. The van der Waals surface area contributed by atoms with Gasteiger partial charge in [-0.1, -0.05) is 23.7 Å². The second kappa shape index (κ2) is 4.42. The van der Waals surface area contributed by atoms with Crippen LogP contribution in [0.3, 0.4) is 0 Å². The molecule has 2 aromatic rings. The Bertz CT molecular complexity index is 659. The number of aromatic nitrogens is 2. The molecule has 6 heteroatoms. The molecule has 0 amide bonds. The smallest absolute Gasteiger partial charge is 0.398 e. The van der Waals surface area contributed by atoms with Crippen molar-refractivity contribution in [3.8, 4) is 0 Å². The van der Waals surface area contributed by atoms with E-state index in [1.807, 2.05) is 52.0 Å². The molecule has 0 radical (unpaired) electrons. The lowest BCUT2D eigenvalue weighted by Gasteiger charge is -2.32. The number of fused-ring (bicyclic) bond motifs is 1. The summed E-state index contributed by atoms with van der Waals surface area (Å²) >= 11 is 6.24. The molecular weight excluding hydrogens is 274 g/mol.